The number of carbonyl (C=O) groups is 4. The zero-order chi connectivity index (χ0) is 27.9. The first-order chi connectivity index (χ1) is 17.3. The number of carbonyl (C=O) groups excluding carboxylic acids is 4. The molecule has 1 aliphatic heterocycles. The zero-order valence-corrected chi connectivity index (χ0v) is 20.3. The Balaban J connectivity index is 2.59. The Hall–Kier alpha value is -3.88. The van der Waals surface area contributed by atoms with Gasteiger partial charge in [0.15, 0.2) is 18.3 Å². The summed E-state index contributed by atoms with van der Waals surface area (Å²) in [6.45, 7) is 2.79. The van der Waals surface area contributed by atoms with Gasteiger partial charge in [-0.1, -0.05) is 0 Å². The van der Waals surface area contributed by atoms with E-state index >= 15 is 0 Å². The summed E-state index contributed by atoms with van der Waals surface area (Å²) in [7, 11) is 2.29. The fourth-order valence-corrected chi connectivity index (χ4v) is 3.22. The molecule has 0 unspecified atom stereocenters. The Morgan fingerprint density at radius 1 is 0.811 bits per heavy atom. The number of nitrogens with zero attached hydrogens (tertiary/aromatic N) is 1. The first kappa shape index (κ1) is 29.4. The van der Waals surface area contributed by atoms with Crippen molar-refractivity contribution in [3.63, 3.8) is 0 Å². The monoisotopic (exact) mass is 535 g/mol. The highest BCUT2D eigenvalue weighted by Gasteiger charge is 2.57. The van der Waals surface area contributed by atoms with Crippen LogP contribution in [0.25, 0.3) is 0 Å². The molecule has 0 aliphatic carbocycles. The molecule has 1 fully saturated rings. The molecule has 0 aromatic heterocycles. The third kappa shape index (κ3) is 8.06. The van der Waals surface area contributed by atoms with Crippen molar-refractivity contribution in [1.29, 1.82) is 0 Å². The van der Waals surface area contributed by atoms with E-state index in [0.29, 0.717) is 5.75 Å². The summed E-state index contributed by atoms with van der Waals surface area (Å²) in [5, 5.41) is 0. The summed E-state index contributed by atoms with van der Waals surface area (Å²) in [4.78, 5) is 51.1. The molecule has 1 aliphatic rings. The Labute approximate surface area is 208 Å². The van der Waals surface area contributed by atoms with E-state index in [2.05, 4.69) is 9.73 Å². The predicted octanol–water partition coefficient (Wildman–Crippen LogP) is 2.00. The second-order valence-electron chi connectivity index (χ2n) is 7.40. The number of rotatable bonds is 7. The van der Waals surface area contributed by atoms with Gasteiger partial charge in [-0.15, -0.1) is 0 Å². The molecule has 1 aromatic rings. The van der Waals surface area contributed by atoms with Crippen LogP contribution in [0, 0.1) is 0 Å². The third-order valence-corrected chi connectivity index (χ3v) is 4.61. The Morgan fingerprint density at radius 2 is 1.32 bits per heavy atom. The van der Waals surface area contributed by atoms with Crippen LogP contribution in [0.2, 0.25) is 0 Å². The topological polar surface area (TPSA) is 145 Å². The van der Waals surface area contributed by atoms with Crippen molar-refractivity contribution in [3.05, 3.63) is 24.3 Å². The highest BCUT2D eigenvalue weighted by molar-refractivity contribution is 5.85. The van der Waals surface area contributed by atoms with Crippen molar-refractivity contribution >= 4 is 35.5 Å². The molecule has 204 valence electrons. The minimum atomic E-state index is -5.20. The lowest BCUT2D eigenvalue weighted by atomic mass is 9.97. The maximum atomic E-state index is 13.9. The van der Waals surface area contributed by atoms with Gasteiger partial charge in [0.2, 0.25) is 12.4 Å². The lowest BCUT2D eigenvalue weighted by Gasteiger charge is -2.43. The summed E-state index contributed by atoms with van der Waals surface area (Å²) in [6, 6.07) is 5.10. The van der Waals surface area contributed by atoms with Gasteiger partial charge in [-0.05, 0) is 24.3 Å². The number of methoxy groups -OCH3 is 2. The van der Waals surface area contributed by atoms with Gasteiger partial charge in [0, 0.05) is 20.8 Å². The van der Waals surface area contributed by atoms with Crippen molar-refractivity contribution < 1.29 is 65.5 Å². The minimum absolute atomic E-state index is 0.202. The first-order valence-corrected chi connectivity index (χ1v) is 10.5. The lowest BCUT2D eigenvalue weighted by Crippen LogP contribution is -2.64. The van der Waals surface area contributed by atoms with Gasteiger partial charge in [-0.3, -0.25) is 14.4 Å². The average Bonchev–Trinajstić information content (AvgIpc) is 2.80. The second kappa shape index (κ2) is 12.4. The number of esters is 4. The van der Waals surface area contributed by atoms with Crippen molar-refractivity contribution in [1.82, 2.24) is 0 Å². The molecule has 0 amide bonds. The summed E-state index contributed by atoms with van der Waals surface area (Å²) < 4.78 is 76.7. The van der Waals surface area contributed by atoms with E-state index < -0.39 is 66.7 Å². The SMILES string of the molecule is COC(=O)[C@H]1O[C@H](OC(=Nc2ccc(OC)cc2)C(F)(F)F)[C@H](OC(C)=O)[C@@H](OC(C)=O)[C@@H]1OC(C)=O. The number of aliphatic imine (C=N–C) groups is 1. The van der Waals surface area contributed by atoms with Gasteiger partial charge >= 0.3 is 30.1 Å². The van der Waals surface area contributed by atoms with Crippen molar-refractivity contribution in [3.8, 4) is 5.75 Å². The van der Waals surface area contributed by atoms with Crippen LogP contribution in [0.3, 0.4) is 0 Å². The van der Waals surface area contributed by atoms with E-state index in [-0.39, 0.29) is 5.69 Å². The normalized spacial score (nSPS) is 23.9. The van der Waals surface area contributed by atoms with Gasteiger partial charge in [0.1, 0.15) is 5.75 Å². The van der Waals surface area contributed by atoms with E-state index in [1.54, 1.807) is 0 Å². The largest absolute Gasteiger partial charge is 0.497 e. The molecule has 1 aromatic carbocycles. The summed E-state index contributed by atoms with van der Waals surface area (Å²) in [6.07, 6.45) is -14.9. The number of hydrogen-bond donors (Lipinski definition) is 0. The standard InChI is InChI=1S/C22H24F3NO11/c1-10(27)33-15-16(34-11(2)28)18(35-12(3)29)20(36-17(15)19(30)32-5)37-21(22(23,24)25)26-13-6-8-14(31-4)9-7-13/h6-9,15-18,20H,1-5H3/t15-,16-,17-,18+,20+/m0/s1. The minimum Gasteiger partial charge on any atom is -0.497 e. The van der Waals surface area contributed by atoms with E-state index in [0.717, 1.165) is 27.9 Å². The van der Waals surface area contributed by atoms with Crippen LogP contribution in [0.4, 0.5) is 18.9 Å². The summed E-state index contributed by atoms with van der Waals surface area (Å²) in [5.74, 6) is -5.74. The zero-order valence-electron chi connectivity index (χ0n) is 20.3. The maximum absolute atomic E-state index is 13.9. The lowest BCUT2D eigenvalue weighted by molar-refractivity contribution is -0.288. The van der Waals surface area contributed by atoms with Crippen molar-refractivity contribution in [2.45, 2.75) is 57.7 Å². The molecular weight excluding hydrogens is 511 g/mol. The molecule has 0 spiro atoms. The molecule has 12 nitrogen and oxygen atoms in total. The third-order valence-electron chi connectivity index (χ3n) is 4.61. The molecule has 0 bridgehead atoms. The fraction of sp³-hybridized carbons (Fsp3) is 0.500. The number of hydrogen-bond acceptors (Lipinski definition) is 12. The Morgan fingerprint density at radius 3 is 1.78 bits per heavy atom. The molecule has 5 atom stereocenters. The fourth-order valence-electron chi connectivity index (χ4n) is 3.22. The molecule has 0 saturated carbocycles. The number of ether oxygens (including phenoxy) is 7. The van der Waals surface area contributed by atoms with Gasteiger partial charge in [0.05, 0.1) is 19.9 Å². The number of benzene rings is 1. The predicted molar refractivity (Wildman–Crippen MR) is 115 cm³/mol. The van der Waals surface area contributed by atoms with Crippen LogP contribution in [0.15, 0.2) is 29.3 Å². The highest BCUT2D eigenvalue weighted by Crippen LogP contribution is 2.33. The Kier molecular flexibility index (Phi) is 9.82. The van der Waals surface area contributed by atoms with Gasteiger partial charge in [-0.2, -0.15) is 13.2 Å². The van der Waals surface area contributed by atoms with Crippen molar-refractivity contribution in [2.24, 2.45) is 4.99 Å². The van der Waals surface area contributed by atoms with Gasteiger partial charge < -0.3 is 33.2 Å². The molecule has 0 radical (unpaired) electrons. The van der Waals surface area contributed by atoms with Crippen LogP contribution in [-0.2, 0) is 47.6 Å². The smallest absolute Gasteiger partial charge is 0.468 e. The molecule has 2 rings (SSSR count). The second-order valence-corrected chi connectivity index (χ2v) is 7.40. The quantitative estimate of drug-likeness (QED) is 0.219. The summed E-state index contributed by atoms with van der Waals surface area (Å²) >= 11 is 0. The van der Waals surface area contributed by atoms with Crippen LogP contribution >= 0.6 is 0 Å². The van der Waals surface area contributed by atoms with Gasteiger partial charge in [-0.25, -0.2) is 9.79 Å². The first-order valence-electron chi connectivity index (χ1n) is 10.5. The Bertz CT molecular complexity index is 1030. The summed E-state index contributed by atoms with van der Waals surface area (Å²) in [5.41, 5.74) is -0.202. The van der Waals surface area contributed by atoms with Gasteiger partial charge in [0.25, 0.3) is 5.90 Å². The van der Waals surface area contributed by atoms with Crippen LogP contribution in [-0.4, -0.2) is 80.9 Å². The van der Waals surface area contributed by atoms with Crippen molar-refractivity contribution in [2.75, 3.05) is 14.2 Å². The van der Waals surface area contributed by atoms with E-state index in [1.807, 2.05) is 0 Å². The average molecular weight is 535 g/mol. The van der Waals surface area contributed by atoms with E-state index in [9.17, 15) is 32.3 Å². The molecular formula is C22H24F3NO11. The molecule has 37 heavy (non-hydrogen) atoms. The van der Waals surface area contributed by atoms with E-state index in [1.165, 1.54) is 31.4 Å². The van der Waals surface area contributed by atoms with Crippen LogP contribution < -0.4 is 4.74 Å². The molecule has 1 saturated heterocycles. The van der Waals surface area contributed by atoms with E-state index in [4.69, 9.17) is 28.4 Å². The number of alkyl halides is 3. The maximum Gasteiger partial charge on any atom is 0.468 e. The molecule has 1 heterocycles. The number of halogens is 3. The highest BCUT2D eigenvalue weighted by atomic mass is 19.4. The van der Waals surface area contributed by atoms with Crippen LogP contribution in [0.5, 0.6) is 5.75 Å². The van der Waals surface area contributed by atoms with Crippen LogP contribution in [0.1, 0.15) is 20.8 Å². The molecule has 0 N–H and O–H groups in total. The molecule has 15 heteroatoms.